The van der Waals surface area contributed by atoms with Crippen LogP contribution in [0.15, 0.2) is 12.2 Å². The van der Waals surface area contributed by atoms with E-state index < -0.39 is 35.6 Å². The van der Waals surface area contributed by atoms with Crippen LogP contribution in [-0.2, 0) is 19.0 Å². The van der Waals surface area contributed by atoms with Crippen molar-refractivity contribution in [2.45, 2.75) is 71.5 Å². The molecule has 7 heteroatoms. The molecule has 7 nitrogen and oxygen atoms in total. The summed E-state index contributed by atoms with van der Waals surface area (Å²) in [7, 11) is 1.23. The van der Waals surface area contributed by atoms with Gasteiger partial charge in [-0.15, -0.1) is 0 Å². The number of methoxy groups -OCH3 is 1. The lowest BCUT2D eigenvalue weighted by atomic mass is 10.1. The first-order chi connectivity index (χ1) is 10.2. The van der Waals surface area contributed by atoms with Crippen molar-refractivity contribution in [3.63, 3.8) is 0 Å². The molecule has 0 aliphatic rings. The van der Waals surface area contributed by atoms with Gasteiger partial charge in [-0.25, -0.2) is 9.59 Å². The monoisotopic (exact) mass is 331 g/mol. The molecule has 0 spiro atoms. The van der Waals surface area contributed by atoms with Gasteiger partial charge in [-0.05, 0) is 41.5 Å². The van der Waals surface area contributed by atoms with Gasteiger partial charge < -0.3 is 24.6 Å². The van der Waals surface area contributed by atoms with Crippen LogP contribution >= 0.6 is 0 Å². The number of carbonyl (C=O) groups excluding carboxylic acids is 2. The van der Waals surface area contributed by atoms with Crippen molar-refractivity contribution in [2.24, 2.45) is 0 Å². The number of ether oxygens (including phenoxy) is 3. The minimum Gasteiger partial charge on any atom is -0.466 e. The molecule has 1 amide bonds. The third kappa shape index (κ3) is 9.91. The summed E-state index contributed by atoms with van der Waals surface area (Å²) in [5.41, 5.74) is -1.23. The van der Waals surface area contributed by atoms with Gasteiger partial charge in [0.25, 0.3) is 0 Å². The number of hydrogen-bond donors (Lipinski definition) is 2. The Morgan fingerprint density at radius 2 is 1.65 bits per heavy atom. The van der Waals surface area contributed by atoms with E-state index >= 15 is 0 Å². The first-order valence-electron chi connectivity index (χ1n) is 7.36. The quantitative estimate of drug-likeness (QED) is 0.440. The average Bonchev–Trinajstić information content (AvgIpc) is 2.32. The molecule has 0 aliphatic carbocycles. The van der Waals surface area contributed by atoms with Gasteiger partial charge in [-0.1, -0.05) is 6.58 Å². The molecule has 0 aliphatic heterocycles. The first kappa shape index (κ1) is 21.4. The van der Waals surface area contributed by atoms with Crippen LogP contribution in [0.5, 0.6) is 0 Å². The van der Waals surface area contributed by atoms with E-state index in [0.29, 0.717) is 0 Å². The second-order valence-corrected chi connectivity index (χ2v) is 7.17. The Balaban J connectivity index is 5.03. The standard InChI is InChI=1S/C16H29NO6/c1-10(12(18)21-8)9-11(13(19)22-15(2,3)4)17-14(20)23-16(5,6)7/h11,13,19H,1,9H2,2-8H3,(H,17,20)/t11-,13?/m0/s1. The lowest BCUT2D eigenvalue weighted by molar-refractivity contribution is -0.179. The third-order valence-corrected chi connectivity index (χ3v) is 2.46. The van der Waals surface area contributed by atoms with Crippen LogP contribution in [-0.4, -0.2) is 47.8 Å². The van der Waals surface area contributed by atoms with Gasteiger partial charge in [-0.2, -0.15) is 0 Å². The predicted molar refractivity (Wildman–Crippen MR) is 85.8 cm³/mol. The maximum atomic E-state index is 11.9. The Labute approximate surface area is 138 Å². The lowest BCUT2D eigenvalue weighted by Gasteiger charge is -2.31. The summed E-state index contributed by atoms with van der Waals surface area (Å²) in [6, 6.07) is -0.907. The Bertz CT molecular complexity index is 433. The number of rotatable bonds is 6. The van der Waals surface area contributed by atoms with Crippen molar-refractivity contribution in [1.29, 1.82) is 0 Å². The molecule has 2 N–H and O–H groups in total. The summed E-state index contributed by atoms with van der Waals surface area (Å²) >= 11 is 0. The fraction of sp³-hybridized carbons (Fsp3) is 0.750. The SMILES string of the molecule is C=C(C[C@H](NC(=O)OC(C)(C)C)C(O)OC(C)(C)C)C(=O)OC. The summed E-state index contributed by atoms with van der Waals surface area (Å²) in [6.07, 6.45) is -2.11. The molecule has 0 rings (SSSR count). The van der Waals surface area contributed by atoms with Crippen LogP contribution in [0.4, 0.5) is 4.79 Å². The van der Waals surface area contributed by atoms with E-state index in [1.807, 2.05) is 0 Å². The van der Waals surface area contributed by atoms with Crippen molar-refractivity contribution < 1.29 is 28.9 Å². The Morgan fingerprint density at radius 1 is 1.13 bits per heavy atom. The Morgan fingerprint density at radius 3 is 2.04 bits per heavy atom. The van der Waals surface area contributed by atoms with Gasteiger partial charge in [0.05, 0.1) is 18.8 Å². The number of esters is 1. The number of hydrogen-bond acceptors (Lipinski definition) is 6. The van der Waals surface area contributed by atoms with Gasteiger partial charge >= 0.3 is 12.1 Å². The molecule has 0 radical (unpaired) electrons. The molecule has 0 aromatic rings. The zero-order chi connectivity index (χ0) is 18.4. The van der Waals surface area contributed by atoms with Crippen molar-refractivity contribution in [1.82, 2.24) is 5.32 Å². The molecule has 0 aromatic heterocycles. The predicted octanol–water partition coefficient (Wildman–Crippen LogP) is 2.13. The summed E-state index contributed by atoms with van der Waals surface area (Å²) in [6.45, 7) is 14.0. The van der Waals surface area contributed by atoms with Crippen molar-refractivity contribution in [3.8, 4) is 0 Å². The van der Waals surface area contributed by atoms with E-state index in [-0.39, 0.29) is 12.0 Å². The summed E-state index contributed by atoms with van der Waals surface area (Å²) < 4.78 is 15.2. The summed E-state index contributed by atoms with van der Waals surface area (Å²) in [5, 5.41) is 12.7. The molecule has 2 atom stereocenters. The van der Waals surface area contributed by atoms with Crippen LogP contribution < -0.4 is 5.32 Å². The number of amides is 1. The van der Waals surface area contributed by atoms with Crippen LogP contribution in [0, 0.1) is 0 Å². The highest BCUT2D eigenvalue weighted by Gasteiger charge is 2.30. The molecular weight excluding hydrogens is 302 g/mol. The van der Waals surface area contributed by atoms with Crippen LogP contribution in [0.3, 0.4) is 0 Å². The Kier molecular flexibility index (Phi) is 7.73. The number of carbonyl (C=O) groups is 2. The molecule has 23 heavy (non-hydrogen) atoms. The minimum absolute atomic E-state index is 0.0385. The number of aliphatic hydroxyl groups is 1. The number of aliphatic hydroxyl groups excluding tert-OH is 1. The number of nitrogens with one attached hydrogen (secondary N) is 1. The zero-order valence-electron chi connectivity index (χ0n) is 15.1. The van der Waals surface area contributed by atoms with Crippen molar-refractivity contribution >= 4 is 12.1 Å². The second kappa shape index (κ2) is 8.31. The molecular formula is C16H29NO6. The van der Waals surface area contributed by atoms with E-state index in [0.717, 1.165) is 0 Å². The lowest BCUT2D eigenvalue weighted by Crippen LogP contribution is -2.48. The van der Waals surface area contributed by atoms with Gasteiger partial charge in [-0.3, -0.25) is 0 Å². The number of alkyl carbamates (subject to hydrolysis) is 1. The molecule has 0 fully saturated rings. The van der Waals surface area contributed by atoms with Crippen LogP contribution in [0.2, 0.25) is 0 Å². The van der Waals surface area contributed by atoms with Gasteiger partial charge in [0.1, 0.15) is 5.60 Å². The maximum absolute atomic E-state index is 11.9. The van der Waals surface area contributed by atoms with Crippen molar-refractivity contribution in [2.75, 3.05) is 7.11 Å². The topological polar surface area (TPSA) is 94.1 Å². The highest BCUT2D eigenvalue weighted by Crippen LogP contribution is 2.17. The summed E-state index contributed by atoms with van der Waals surface area (Å²) in [5.74, 6) is -0.621. The smallest absolute Gasteiger partial charge is 0.408 e. The first-order valence-corrected chi connectivity index (χ1v) is 7.36. The largest absolute Gasteiger partial charge is 0.466 e. The molecule has 0 bridgehead atoms. The van der Waals surface area contributed by atoms with Crippen LogP contribution in [0.25, 0.3) is 0 Å². The van der Waals surface area contributed by atoms with E-state index in [1.54, 1.807) is 41.5 Å². The van der Waals surface area contributed by atoms with Gasteiger partial charge in [0, 0.05) is 12.0 Å². The third-order valence-electron chi connectivity index (χ3n) is 2.46. The second-order valence-electron chi connectivity index (χ2n) is 7.17. The Hall–Kier alpha value is -1.60. The summed E-state index contributed by atoms with van der Waals surface area (Å²) in [4.78, 5) is 23.4. The molecule has 134 valence electrons. The molecule has 0 aromatic carbocycles. The van der Waals surface area contributed by atoms with Gasteiger partial charge in [0.15, 0.2) is 6.29 Å². The fourth-order valence-corrected chi connectivity index (χ4v) is 1.62. The minimum atomic E-state index is -1.34. The highest BCUT2D eigenvalue weighted by atomic mass is 16.6. The van der Waals surface area contributed by atoms with Crippen LogP contribution in [0.1, 0.15) is 48.0 Å². The molecule has 0 saturated heterocycles. The van der Waals surface area contributed by atoms with E-state index in [4.69, 9.17) is 9.47 Å². The fourth-order valence-electron chi connectivity index (χ4n) is 1.62. The van der Waals surface area contributed by atoms with Crippen molar-refractivity contribution in [3.05, 3.63) is 12.2 Å². The highest BCUT2D eigenvalue weighted by molar-refractivity contribution is 5.87. The van der Waals surface area contributed by atoms with E-state index in [1.165, 1.54) is 7.11 Å². The molecule has 1 unspecified atom stereocenters. The normalized spacial score (nSPS) is 14.6. The average molecular weight is 331 g/mol. The van der Waals surface area contributed by atoms with E-state index in [9.17, 15) is 14.7 Å². The zero-order valence-corrected chi connectivity index (χ0v) is 15.1. The molecule has 0 heterocycles. The maximum Gasteiger partial charge on any atom is 0.408 e. The van der Waals surface area contributed by atoms with E-state index in [2.05, 4.69) is 16.6 Å². The molecule has 0 saturated carbocycles. The van der Waals surface area contributed by atoms with Gasteiger partial charge in [0.2, 0.25) is 0 Å².